The Morgan fingerprint density at radius 3 is 3.11 bits per heavy atom. The molecule has 0 unspecified atom stereocenters. The highest BCUT2D eigenvalue weighted by Gasteiger charge is 2.20. The van der Waals surface area contributed by atoms with Gasteiger partial charge in [0.1, 0.15) is 11.5 Å². The van der Waals surface area contributed by atoms with Crippen LogP contribution in [0.15, 0.2) is 35.6 Å². The van der Waals surface area contributed by atoms with E-state index < -0.39 is 0 Å². The molecule has 1 aromatic carbocycles. The summed E-state index contributed by atoms with van der Waals surface area (Å²) < 4.78 is 13.4. The largest absolute Gasteiger partial charge is 0.454 e. The van der Waals surface area contributed by atoms with Crippen molar-refractivity contribution in [2.24, 2.45) is 0 Å². The fourth-order valence-electron chi connectivity index (χ4n) is 2.00. The number of halogens is 1. The maximum Gasteiger partial charge on any atom is 0.231 e. The molecule has 2 N–H and O–H groups in total. The van der Waals surface area contributed by atoms with Crippen LogP contribution >= 0.6 is 15.9 Å². The summed E-state index contributed by atoms with van der Waals surface area (Å²) in [4.78, 5) is 4.34. The zero-order valence-corrected chi connectivity index (χ0v) is 11.7. The van der Waals surface area contributed by atoms with Crippen LogP contribution in [0.3, 0.4) is 0 Å². The molecule has 0 fully saturated rings. The van der Waals surface area contributed by atoms with E-state index in [0.717, 1.165) is 15.7 Å². The minimum atomic E-state index is 0.234. The number of ether oxygens (including phenoxy) is 2. The molecule has 98 valence electrons. The van der Waals surface area contributed by atoms with Gasteiger partial charge in [0.2, 0.25) is 6.79 Å². The van der Waals surface area contributed by atoms with Gasteiger partial charge in [-0.05, 0) is 28.1 Å². The van der Waals surface area contributed by atoms with E-state index >= 15 is 0 Å². The van der Waals surface area contributed by atoms with Gasteiger partial charge < -0.3 is 19.8 Å². The van der Waals surface area contributed by atoms with Crippen molar-refractivity contribution in [1.29, 1.82) is 0 Å². The average Bonchev–Trinajstić information content (AvgIpc) is 2.98. The van der Waals surface area contributed by atoms with E-state index in [1.165, 1.54) is 0 Å². The fraction of sp³-hybridized carbons (Fsp3) is 0.154. The van der Waals surface area contributed by atoms with Gasteiger partial charge in [-0.2, -0.15) is 0 Å². The quantitative estimate of drug-likeness (QED) is 0.883. The van der Waals surface area contributed by atoms with Crippen LogP contribution in [-0.2, 0) is 6.54 Å². The summed E-state index contributed by atoms with van der Waals surface area (Å²) in [5.74, 6) is 2.01. The number of anilines is 1. The van der Waals surface area contributed by atoms with Crippen molar-refractivity contribution in [2.75, 3.05) is 12.5 Å². The molecule has 1 aliphatic heterocycles. The second kappa shape index (κ2) is 4.62. The number of benzene rings is 1. The fourth-order valence-corrected chi connectivity index (χ4v) is 2.56. The molecule has 1 aromatic heterocycles. The van der Waals surface area contributed by atoms with Crippen LogP contribution in [0.25, 0.3) is 11.3 Å². The number of hydrogen-bond donors (Lipinski definition) is 1. The Hall–Kier alpha value is -1.95. The van der Waals surface area contributed by atoms with E-state index in [1.807, 2.05) is 16.7 Å². The molecule has 2 aromatic rings. The van der Waals surface area contributed by atoms with Crippen molar-refractivity contribution < 1.29 is 9.47 Å². The number of imidazole rings is 1. The van der Waals surface area contributed by atoms with Crippen LogP contribution in [-0.4, -0.2) is 16.3 Å². The van der Waals surface area contributed by atoms with Crippen LogP contribution in [0.1, 0.15) is 0 Å². The van der Waals surface area contributed by atoms with Gasteiger partial charge >= 0.3 is 0 Å². The SMILES string of the molecule is C=CCn1cnc(-c2cc(Br)c3c(c2)OCO3)c1N. The van der Waals surface area contributed by atoms with Gasteiger partial charge in [-0.15, -0.1) is 6.58 Å². The minimum absolute atomic E-state index is 0.234. The molecule has 0 saturated heterocycles. The van der Waals surface area contributed by atoms with Gasteiger partial charge in [0.15, 0.2) is 11.5 Å². The third-order valence-electron chi connectivity index (χ3n) is 2.90. The monoisotopic (exact) mass is 321 g/mol. The van der Waals surface area contributed by atoms with Crippen LogP contribution in [0.5, 0.6) is 11.5 Å². The van der Waals surface area contributed by atoms with Crippen molar-refractivity contribution >= 4 is 21.7 Å². The maximum absolute atomic E-state index is 6.08. The van der Waals surface area contributed by atoms with Crippen molar-refractivity contribution in [3.8, 4) is 22.8 Å². The van der Waals surface area contributed by atoms with E-state index in [9.17, 15) is 0 Å². The Kier molecular flexibility index (Phi) is 2.94. The Bertz CT molecular complexity index is 652. The first-order chi connectivity index (χ1) is 9.20. The minimum Gasteiger partial charge on any atom is -0.454 e. The summed E-state index contributed by atoms with van der Waals surface area (Å²) >= 11 is 3.46. The number of hydrogen-bond acceptors (Lipinski definition) is 4. The molecule has 1 aliphatic rings. The topological polar surface area (TPSA) is 62.3 Å². The normalized spacial score (nSPS) is 12.7. The van der Waals surface area contributed by atoms with Crippen LogP contribution in [0, 0.1) is 0 Å². The second-order valence-corrected chi connectivity index (χ2v) is 4.97. The molecular formula is C13H12BrN3O2. The van der Waals surface area contributed by atoms with Crippen molar-refractivity contribution in [3.05, 3.63) is 35.6 Å². The lowest BCUT2D eigenvalue weighted by Gasteiger charge is -2.05. The van der Waals surface area contributed by atoms with E-state index in [0.29, 0.717) is 23.9 Å². The first kappa shape index (κ1) is 12.1. The molecule has 0 amide bonds. The molecule has 0 radical (unpaired) electrons. The summed E-state index contributed by atoms with van der Waals surface area (Å²) in [7, 11) is 0. The smallest absolute Gasteiger partial charge is 0.231 e. The average molecular weight is 322 g/mol. The third kappa shape index (κ3) is 1.98. The molecule has 3 rings (SSSR count). The summed E-state index contributed by atoms with van der Waals surface area (Å²) in [5, 5.41) is 0. The highest BCUT2D eigenvalue weighted by molar-refractivity contribution is 9.10. The van der Waals surface area contributed by atoms with Gasteiger partial charge in [0.25, 0.3) is 0 Å². The number of nitrogens with zero attached hydrogens (tertiary/aromatic N) is 2. The molecule has 0 saturated carbocycles. The molecule has 5 nitrogen and oxygen atoms in total. The van der Waals surface area contributed by atoms with Gasteiger partial charge in [-0.25, -0.2) is 4.98 Å². The Balaban J connectivity index is 2.07. The number of nitrogen functional groups attached to an aromatic ring is 1. The number of rotatable bonds is 3. The van der Waals surface area contributed by atoms with E-state index in [2.05, 4.69) is 27.5 Å². The van der Waals surface area contributed by atoms with Gasteiger partial charge in [0, 0.05) is 12.1 Å². The molecule has 19 heavy (non-hydrogen) atoms. The Morgan fingerprint density at radius 1 is 1.47 bits per heavy atom. The van der Waals surface area contributed by atoms with Crippen LogP contribution < -0.4 is 15.2 Å². The lowest BCUT2D eigenvalue weighted by molar-refractivity contribution is 0.173. The summed E-state index contributed by atoms with van der Waals surface area (Å²) in [6.45, 7) is 4.56. The zero-order chi connectivity index (χ0) is 13.4. The van der Waals surface area contributed by atoms with Crippen LogP contribution in [0.2, 0.25) is 0 Å². The van der Waals surface area contributed by atoms with Crippen molar-refractivity contribution in [3.63, 3.8) is 0 Å². The third-order valence-corrected chi connectivity index (χ3v) is 3.49. The number of nitrogens with two attached hydrogens (primary N) is 1. The first-order valence-electron chi connectivity index (χ1n) is 5.71. The summed E-state index contributed by atoms with van der Waals surface area (Å²) in [6, 6.07) is 3.80. The summed E-state index contributed by atoms with van der Waals surface area (Å²) in [5.41, 5.74) is 7.69. The molecule has 0 atom stereocenters. The van der Waals surface area contributed by atoms with Crippen molar-refractivity contribution in [2.45, 2.75) is 6.54 Å². The van der Waals surface area contributed by atoms with Crippen molar-refractivity contribution in [1.82, 2.24) is 9.55 Å². The number of aromatic nitrogens is 2. The maximum atomic E-state index is 6.08. The predicted octanol–water partition coefficient (Wildman–Crippen LogP) is 2.81. The van der Waals surface area contributed by atoms with Crippen LogP contribution in [0.4, 0.5) is 5.82 Å². The van der Waals surface area contributed by atoms with E-state index in [4.69, 9.17) is 15.2 Å². The highest BCUT2D eigenvalue weighted by atomic mass is 79.9. The first-order valence-corrected chi connectivity index (χ1v) is 6.51. The lowest BCUT2D eigenvalue weighted by Crippen LogP contribution is -2.00. The van der Waals surface area contributed by atoms with Gasteiger partial charge in [0.05, 0.1) is 10.8 Å². The Morgan fingerprint density at radius 2 is 2.32 bits per heavy atom. The van der Waals surface area contributed by atoms with Gasteiger partial charge in [-0.1, -0.05) is 6.08 Å². The number of allylic oxidation sites excluding steroid dienone is 1. The Labute approximate surface area is 118 Å². The lowest BCUT2D eigenvalue weighted by atomic mass is 10.1. The molecular weight excluding hydrogens is 310 g/mol. The molecule has 0 spiro atoms. The number of fused-ring (bicyclic) bond motifs is 1. The molecule has 0 aliphatic carbocycles. The van der Waals surface area contributed by atoms with Gasteiger partial charge in [-0.3, -0.25) is 0 Å². The highest BCUT2D eigenvalue weighted by Crippen LogP contribution is 2.42. The zero-order valence-electron chi connectivity index (χ0n) is 10.1. The standard InChI is InChI=1S/C13H12BrN3O2/c1-2-3-17-6-16-11(13(17)15)8-4-9(14)12-10(5-8)18-7-19-12/h2,4-6H,1,3,7,15H2. The van der Waals surface area contributed by atoms with E-state index in [1.54, 1.807) is 12.4 Å². The predicted molar refractivity (Wildman–Crippen MR) is 76.1 cm³/mol. The van der Waals surface area contributed by atoms with E-state index in [-0.39, 0.29) is 6.79 Å². The molecule has 2 heterocycles. The second-order valence-electron chi connectivity index (χ2n) is 4.11. The molecule has 0 bridgehead atoms. The molecule has 6 heteroatoms. The summed E-state index contributed by atoms with van der Waals surface area (Å²) in [6.07, 6.45) is 3.47.